The normalized spacial score (nSPS) is 9.00. The lowest BCUT2D eigenvalue weighted by Gasteiger charge is -1.74. The fraction of sp³-hybridized carbons (Fsp3) is 0. The zero-order valence-corrected chi connectivity index (χ0v) is 3.88. The summed E-state index contributed by atoms with van der Waals surface area (Å²) < 4.78 is 4.01. The zero-order valence-electron chi connectivity index (χ0n) is 3.88. The van der Waals surface area contributed by atoms with Crippen molar-refractivity contribution in [3.05, 3.63) is 33.2 Å². The third-order valence-corrected chi connectivity index (χ3v) is 0.614. The van der Waals surface area contributed by atoms with Crippen molar-refractivity contribution in [2.75, 3.05) is 0 Å². The Kier molecular flexibility index (Phi) is 0.997. The average Bonchev–Trinajstić information content (AvgIpc) is 1.64. The third kappa shape index (κ3) is 0.841. The van der Waals surface area contributed by atoms with Gasteiger partial charge in [-0.1, -0.05) is 0 Å². The molecule has 0 aliphatic rings. The molecule has 8 heavy (non-hydrogen) atoms. The Hall–Kier alpha value is -1.32. The highest BCUT2D eigenvalue weighted by Crippen LogP contribution is 1.56. The second-order valence-corrected chi connectivity index (χ2v) is 1.19. The van der Waals surface area contributed by atoms with Crippen LogP contribution in [0.3, 0.4) is 0 Å². The fourth-order valence-electron chi connectivity index (χ4n) is 0.333. The first-order valence-corrected chi connectivity index (χ1v) is 1.98. The molecule has 0 spiro atoms. The first-order valence-electron chi connectivity index (χ1n) is 1.98. The lowest BCUT2D eigenvalue weighted by atomic mass is 10.7. The van der Waals surface area contributed by atoms with Gasteiger partial charge in [-0.2, -0.15) is 0 Å². The standard InChI is InChI=1S/C4H3NO3/c6-3-1-2-5-4(7)8-3/h1-2H,(H,5,7). The average molecular weight is 113 g/mol. The number of aromatic nitrogens is 1. The summed E-state index contributed by atoms with van der Waals surface area (Å²) in [5.41, 5.74) is -0.631. The largest absolute Gasteiger partial charge is 0.419 e. The third-order valence-electron chi connectivity index (χ3n) is 0.614. The molecule has 0 unspecified atom stereocenters. The Bertz CT molecular complexity index is 246. The van der Waals surface area contributed by atoms with Gasteiger partial charge in [0.05, 0.1) is 0 Å². The molecule has 0 saturated carbocycles. The van der Waals surface area contributed by atoms with E-state index in [9.17, 15) is 9.59 Å². The summed E-state index contributed by atoms with van der Waals surface area (Å²) in [5.74, 6) is -0.725. The number of nitrogens with one attached hydrogen (secondary N) is 1. The maximum atomic E-state index is 10.1. The van der Waals surface area contributed by atoms with Crippen molar-refractivity contribution in [3.8, 4) is 0 Å². The van der Waals surface area contributed by atoms with Crippen LogP contribution in [-0.4, -0.2) is 4.98 Å². The highest BCUT2D eigenvalue weighted by molar-refractivity contribution is 4.72. The summed E-state index contributed by atoms with van der Waals surface area (Å²) in [5, 5.41) is 0. The Balaban J connectivity index is 3.50. The van der Waals surface area contributed by atoms with Gasteiger partial charge in [0.1, 0.15) is 0 Å². The smallest absolute Gasteiger partial charge is 0.373 e. The molecule has 0 aromatic carbocycles. The Labute approximate surface area is 43.8 Å². The molecule has 1 aromatic heterocycles. The molecule has 1 N–H and O–H groups in total. The summed E-state index contributed by atoms with van der Waals surface area (Å²) in [6.45, 7) is 0. The van der Waals surface area contributed by atoms with E-state index in [2.05, 4.69) is 9.40 Å². The highest BCUT2D eigenvalue weighted by Gasteiger charge is 1.81. The molecule has 1 aromatic rings. The second-order valence-electron chi connectivity index (χ2n) is 1.19. The topological polar surface area (TPSA) is 63.1 Å². The molecule has 0 aliphatic carbocycles. The molecule has 0 fully saturated rings. The van der Waals surface area contributed by atoms with E-state index in [1.54, 1.807) is 0 Å². The van der Waals surface area contributed by atoms with Gasteiger partial charge >= 0.3 is 11.4 Å². The minimum atomic E-state index is -0.725. The van der Waals surface area contributed by atoms with Crippen LogP contribution in [0.4, 0.5) is 0 Å². The number of H-pyrrole nitrogens is 1. The molecule has 4 heteroatoms. The minimum absolute atomic E-state index is 0.631. The number of aromatic amines is 1. The van der Waals surface area contributed by atoms with Crippen LogP contribution < -0.4 is 11.4 Å². The summed E-state index contributed by atoms with van der Waals surface area (Å²) in [6.07, 6.45) is 1.23. The number of hydrogen-bond acceptors (Lipinski definition) is 3. The van der Waals surface area contributed by atoms with Crippen molar-refractivity contribution >= 4 is 0 Å². The van der Waals surface area contributed by atoms with Gasteiger partial charge in [-0.05, 0) is 0 Å². The SMILES string of the molecule is O=c1cc[nH]c(=O)o1. The Morgan fingerprint density at radius 1 is 1.50 bits per heavy atom. The van der Waals surface area contributed by atoms with Crippen LogP contribution in [0.2, 0.25) is 0 Å². The van der Waals surface area contributed by atoms with Gasteiger partial charge in [-0.15, -0.1) is 0 Å². The predicted molar refractivity (Wildman–Crippen MR) is 25.6 cm³/mol. The summed E-state index contributed by atoms with van der Waals surface area (Å²) in [4.78, 5) is 22.3. The second kappa shape index (κ2) is 1.65. The van der Waals surface area contributed by atoms with Crippen molar-refractivity contribution in [3.63, 3.8) is 0 Å². The van der Waals surface area contributed by atoms with E-state index < -0.39 is 11.4 Å². The number of hydrogen-bond donors (Lipinski definition) is 1. The molecule has 0 radical (unpaired) electrons. The van der Waals surface area contributed by atoms with Crippen LogP contribution in [0, 0.1) is 0 Å². The summed E-state index contributed by atoms with van der Waals surface area (Å²) >= 11 is 0. The molecular weight excluding hydrogens is 110 g/mol. The maximum Gasteiger partial charge on any atom is 0.419 e. The monoisotopic (exact) mass is 113 g/mol. The van der Waals surface area contributed by atoms with Crippen LogP contribution in [0.15, 0.2) is 26.3 Å². The molecule has 1 heterocycles. The van der Waals surface area contributed by atoms with Gasteiger partial charge in [-0.25, -0.2) is 9.59 Å². The van der Waals surface area contributed by atoms with E-state index in [1.165, 1.54) is 6.20 Å². The summed E-state index contributed by atoms with van der Waals surface area (Å²) in [7, 11) is 0. The lowest BCUT2D eigenvalue weighted by molar-refractivity contribution is 0.449. The van der Waals surface area contributed by atoms with Crippen molar-refractivity contribution in [2.24, 2.45) is 0 Å². The van der Waals surface area contributed by atoms with Gasteiger partial charge in [0.25, 0.3) is 0 Å². The first kappa shape index (κ1) is 4.83. The van der Waals surface area contributed by atoms with Crippen molar-refractivity contribution in [1.82, 2.24) is 4.98 Å². The minimum Gasteiger partial charge on any atom is -0.373 e. The van der Waals surface area contributed by atoms with Crippen LogP contribution in [0.5, 0.6) is 0 Å². The molecule has 4 nitrogen and oxygen atoms in total. The van der Waals surface area contributed by atoms with Gasteiger partial charge < -0.3 is 4.42 Å². The Morgan fingerprint density at radius 3 is 2.62 bits per heavy atom. The first-order chi connectivity index (χ1) is 3.79. The maximum absolute atomic E-state index is 10.1. The summed E-state index contributed by atoms with van der Waals surface area (Å²) in [6, 6.07) is 1.13. The van der Waals surface area contributed by atoms with Gasteiger partial charge in [-0.3, -0.25) is 4.98 Å². The molecule has 0 atom stereocenters. The van der Waals surface area contributed by atoms with Crippen molar-refractivity contribution in [2.45, 2.75) is 0 Å². The van der Waals surface area contributed by atoms with E-state index in [-0.39, 0.29) is 0 Å². The van der Waals surface area contributed by atoms with Crippen LogP contribution >= 0.6 is 0 Å². The van der Waals surface area contributed by atoms with E-state index in [0.717, 1.165) is 6.07 Å². The molecule has 0 saturated heterocycles. The number of rotatable bonds is 0. The van der Waals surface area contributed by atoms with Gasteiger partial charge in [0, 0.05) is 12.3 Å². The molecule has 42 valence electrons. The highest BCUT2D eigenvalue weighted by atomic mass is 16.4. The molecule has 1 rings (SSSR count). The molecular formula is C4H3NO3. The fourth-order valence-corrected chi connectivity index (χ4v) is 0.333. The zero-order chi connectivity index (χ0) is 5.98. The van der Waals surface area contributed by atoms with E-state index in [4.69, 9.17) is 0 Å². The van der Waals surface area contributed by atoms with Crippen molar-refractivity contribution < 1.29 is 4.42 Å². The quantitative estimate of drug-likeness (QED) is 0.485. The van der Waals surface area contributed by atoms with Crippen LogP contribution in [0.25, 0.3) is 0 Å². The molecule has 0 aliphatic heterocycles. The van der Waals surface area contributed by atoms with E-state index in [1.807, 2.05) is 0 Å². The van der Waals surface area contributed by atoms with E-state index in [0.29, 0.717) is 0 Å². The molecule has 0 amide bonds. The lowest BCUT2D eigenvalue weighted by Crippen LogP contribution is -2.10. The molecule has 0 bridgehead atoms. The van der Waals surface area contributed by atoms with E-state index >= 15 is 0 Å². The van der Waals surface area contributed by atoms with Crippen LogP contribution in [0.1, 0.15) is 0 Å². The van der Waals surface area contributed by atoms with Crippen LogP contribution in [-0.2, 0) is 0 Å². The van der Waals surface area contributed by atoms with Gasteiger partial charge in [0.2, 0.25) is 0 Å². The predicted octanol–water partition coefficient (Wildman–Crippen LogP) is -0.672. The van der Waals surface area contributed by atoms with Crippen molar-refractivity contribution in [1.29, 1.82) is 0 Å². The Morgan fingerprint density at radius 2 is 2.25 bits per heavy atom. The van der Waals surface area contributed by atoms with Gasteiger partial charge in [0.15, 0.2) is 0 Å².